The van der Waals surface area contributed by atoms with Crippen molar-refractivity contribution in [3.8, 4) is 5.75 Å². The number of aromatic nitrogens is 1. The minimum atomic E-state index is -3.51. The van der Waals surface area contributed by atoms with Crippen LogP contribution >= 0.6 is 11.3 Å². The van der Waals surface area contributed by atoms with Crippen LogP contribution in [-0.2, 0) is 21.2 Å². The van der Waals surface area contributed by atoms with E-state index in [1.807, 2.05) is 0 Å². The highest BCUT2D eigenvalue weighted by Gasteiger charge is 2.16. The number of benzene rings is 2. The number of rotatable bonds is 8. The zero-order valence-electron chi connectivity index (χ0n) is 16.4. The van der Waals surface area contributed by atoms with Gasteiger partial charge in [-0.2, -0.15) is 4.99 Å². The van der Waals surface area contributed by atoms with Crippen LogP contribution in [0.1, 0.15) is 12.8 Å². The summed E-state index contributed by atoms with van der Waals surface area (Å²) < 4.78 is 46.4. The van der Waals surface area contributed by atoms with Gasteiger partial charge in [-0.05, 0) is 42.8 Å². The van der Waals surface area contributed by atoms with Crippen molar-refractivity contribution in [2.45, 2.75) is 24.3 Å². The summed E-state index contributed by atoms with van der Waals surface area (Å²) in [5.74, 6) is -0.459. The maximum absolute atomic E-state index is 14.2. The molecule has 1 heterocycles. The number of allylic oxidation sites excluding steroid dienone is 1. The summed E-state index contributed by atoms with van der Waals surface area (Å²) in [6.45, 7) is 3.97. The number of sulfone groups is 1. The minimum absolute atomic E-state index is 0.0276. The molecule has 3 aromatic rings. The van der Waals surface area contributed by atoms with Gasteiger partial charge in [0.1, 0.15) is 11.6 Å². The molecule has 0 bridgehead atoms. The lowest BCUT2D eigenvalue weighted by Crippen LogP contribution is -2.17. The molecule has 0 radical (unpaired) electrons. The van der Waals surface area contributed by atoms with E-state index in [0.29, 0.717) is 27.3 Å². The molecule has 0 aliphatic rings. The number of carbonyl (C=O) groups excluding carboxylic acids is 1. The summed E-state index contributed by atoms with van der Waals surface area (Å²) in [5, 5.41) is 0. The Morgan fingerprint density at radius 3 is 2.67 bits per heavy atom. The quantitative estimate of drug-likeness (QED) is 0.492. The fourth-order valence-corrected chi connectivity index (χ4v) is 5.33. The van der Waals surface area contributed by atoms with Gasteiger partial charge < -0.3 is 9.30 Å². The van der Waals surface area contributed by atoms with Crippen LogP contribution in [0.3, 0.4) is 0 Å². The number of fused-ring (bicyclic) bond motifs is 1. The predicted octanol–water partition coefficient (Wildman–Crippen LogP) is 3.72. The Bertz CT molecular complexity index is 1240. The van der Waals surface area contributed by atoms with Crippen LogP contribution in [-0.4, -0.2) is 31.8 Å². The molecular weight excluding hydrogens is 427 g/mol. The van der Waals surface area contributed by atoms with E-state index in [0.717, 1.165) is 0 Å². The average molecular weight is 449 g/mol. The summed E-state index contributed by atoms with van der Waals surface area (Å²) in [5.41, 5.74) is 0.371. The van der Waals surface area contributed by atoms with Crippen LogP contribution in [0.15, 0.2) is 65.0 Å². The van der Waals surface area contributed by atoms with Crippen molar-refractivity contribution in [2.75, 3.05) is 12.9 Å². The Labute approximate surface area is 177 Å². The van der Waals surface area contributed by atoms with Gasteiger partial charge in [0, 0.05) is 13.0 Å². The van der Waals surface area contributed by atoms with Gasteiger partial charge in [0.15, 0.2) is 14.6 Å². The highest BCUT2D eigenvalue weighted by molar-refractivity contribution is 7.91. The first-order valence-electron chi connectivity index (χ1n) is 9.19. The van der Waals surface area contributed by atoms with E-state index < -0.39 is 21.6 Å². The molecule has 0 saturated heterocycles. The molecule has 30 heavy (non-hydrogen) atoms. The number of ether oxygens (including phenoxy) is 1. The lowest BCUT2D eigenvalue weighted by atomic mass is 10.3. The van der Waals surface area contributed by atoms with Crippen molar-refractivity contribution in [1.82, 2.24) is 4.57 Å². The lowest BCUT2D eigenvalue weighted by Gasteiger charge is -2.05. The van der Waals surface area contributed by atoms with Crippen molar-refractivity contribution in [3.63, 3.8) is 0 Å². The second-order valence-electron chi connectivity index (χ2n) is 6.47. The van der Waals surface area contributed by atoms with E-state index in [1.165, 1.54) is 36.6 Å². The summed E-state index contributed by atoms with van der Waals surface area (Å²) in [7, 11) is -2.01. The number of amides is 1. The van der Waals surface area contributed by atoms with Crippen LogP contribution in [0.2, 0.25) is 0 Å². The molecule has 2 aromatic carbocycles. The molecular formula is C21H21FN2O4S2. The number of thiazole rings is 1. The average Bonchev–Trinajstić information content (AvgIpc) is 3.06. The number of hydrogen-bond acceptors (Lipinski definition) is 5. The molecule has 158 valence electrons. The van der Waals surface area contributed by atoms with Crippen LogP contribution in [0.5, 0.6) is 5.75 Å². The van der Waals surface area contributed by atoms with E-state index in [9.17, 15) is 17.6 Å². The highest BCUT2D eigenvalue weighted by Crippen LogP contribution is 2.21. The molecule has 0 atom stereocenters. The van der Waals surface area contributed by atoms with E-state index in [4.69, 9.17) is 4.74 Å². The van der Waals surface area contributed by atoms with E-state index in [-0.39, 0.29) is 23.5 Å². The van der Waals surface area contributed by atoms with Crippen LogP contribution in [0.4, 0.5) is 4.39 Å². The monoisotopic (exact) mass is 448 g/mol. The molecule has 0 unspecified atom stereocenters. The summed E-state index contributed by atoms with van der Waals surface area (Å²) in [4.78, 5) is 17.0. The zero-order chi connectivity index (χ0) is 21.7. The third-order valence-corrected chi connectivity index (χ3v) is 7.27. The fourth-order valence-electron chi connectivity index (χ4n) is 2.95. The summed E-state index contributed by atoms with van der Waals surface area (Å²) in [6.07, 6.45) is 1.71. The molecule has 0 aliphatic heterocycles. The van der Waals surface area contributed by atoms with E-state index in [1.54, 1.807) is 34.9 Å². The molecule has 0 aliphatic carbocycles. The highest BCUT2D eigenvalue weighted by atomic mass is 32.2. The fraction of sp³-hybridized carbons (Fsp3) is 0.238. The number of methoxy groups -OCH3 is 1. The SMILES string of the molecule is C=CCn1c(=NC(=O)CCCS(=O)(=O)c2ccc(OC)cc2)sc2cccc(F)c21. The van der Waals surface area contributed by atoms with Crippen molar-refractivity contribution < 1.29 is 22.3 Å². The first-order valence-corrected chi connectivity index (χ1v) is 11.7. The van der Waals surface area contributed by atoms with Crippen LogP contribution in [0, 0.1) is 5.82 Å². The molecule has 9 heteroatoms. The number of halogens is 1. The van der Waals surface area contributed by atoms with Crippen molar-refractivity contribution in [1.29, 1.82) is 0 Å². The Hall–Kier alpha value is -2.78. The predicted molar refractivity (Wildman–Crippen MR) is 115 cm³/mol. The Morgan fingerprint density at radius 1 is 1.27 bits per heavy atom. The largest absolute Gasteiger partial charge is 0.497 e. The molecule has 0 saturated carbocycles. The van der Waals surface area contributed by atoms with Crippen LogP contribution in [0.25, 0.3) is 10.2 Å². The first-order chi connectivity index (χ1) is 14.4. The third-order valence-electron chi connectivity index (χ3n) is 4.41. The molecule has 1 aromatic heterocycles. The second kappa shape index (κ2) is 9.36. The molecule has 0 fully saturated rings. The number of nitrogens with zero attached hydrogens (tertiary/aromatic N) is 2. The standard InChI is InChI=1S/C21H21FN2O4S2/c1-3-13-24-20-17(22)6-4-7-18(20)29-21(24)23-19(25)8-5-14-30(26,27)16-11-9-15(28-2)10-12-16/h3-4,6-7,9-12H,1,5,8,13-14H2,2H3. The van der Waals surface area contributed by atoms with Crippen LogP contribution < -0.4 is 9.54 Å². The Morgan fingerprint density at radius 2 is 2.00 bits per heavy atom. The molecule has 6 nitrogen and oxygen atoms in total. The van der Waals surface area contributed by atoms with Gasteiger partial charge in [0.05, 0.1) is 28.0 Å². The van der Waals surface area contributed by atoms with Gasteiger partial charge in [-0.25, -0.2) is 12.8 Å². The van der Waals surface area contributed by atoms with Crippen molar-refractivity contribution in [2.24, 2.45) is 4.99 Å². The summed E-state index contributed by atoms with van der Waals surface area (Å²) >= 11 is 1.20. The maximum atomic E-state index is 14.2. The van der Waals surface area contributed by atoms with E-state index in [2.05, 4.69) is 11.6 Å². The van der Waals surface area contributed by atoms with Gasteiger partial charge in [-0.15, -0.1) is 6.58 Å². The molecule has 0 N–H and O–H groups in total. The molecule has 0 spiro atoms. The van der Waals surface area contributed by atoms with Gasteiger partial charge in [0.25, 0.3) is 0 Å². The number of carbonyl (C=O) groups is 1. The van der Waals surface area contributed by atoms with E-state index >= 15 is 0 Å². The minimum Gasteiger partial charge on any atom is -0.497 e. The normalized spacial score (nSPS) is 12.3. The number of para-hydroxylation sites is 1. The van der Waals surface area contributed by atoms with Gasteiger partial charge in [-0.3, -0.25) is 4.79 Å². The first kappa shape index (κ1) is 21.9. The topological polar surface area (TPSA) is 77.7 Å². The summed E-state index contributed by atoms with van der Waals surface area (Å²) in [6, 6.07) is 10.8. The Kier molecular flexibility index (Phi) is 6.84. The number of hydrogen-bond donors (Lipinski definition) is 0. The maximum Gasteiger partial charge on any atom is 0.248 e. The molecule has 3 rings (SSSR count). The second-order valence-corrected chi connectivity index (χ2v) is 9.59. The van der Waals surface area contributed by atoms with Crippen molar-refractivity contribution in [3.05, 3.63) is 65.7 Å². The lowest BCUT2D eigenvalue weighted by molar-refractivity contribution is -0.118. The smallest absolute Gasteiger partial charge is 0.248 e. The van der Waals surface area contributed by atoms with Crippen molar-refractivity contribution >= 4 is 37.3 Å². The Balaban J connectivity index is 1.74. The van der Waals surface area contributed by atoms with Gasteiger partial charge in [0.2, 0.25) is 5.91 Å². The zero-order valence-corrected chi connectivity index (χ0v) is 18.0. The molecule has 1 amide bonds. The van der Waals surface area contributed by atoms with Gasteiger partial charge >= 0.3 is 0 Å². The third kappa shape index (κ3) is 4.85. The van der Waals surface area contributed by atoms with Gasteiger partial charge in [-0.1, -0.05) is 23.5 Å².